The van der Waals surface area contributed by atoms with Crippen LogP contribution in [0.3, 0.4) is 0 Å². The van der Waals surface area contributed by atoms with E-state index >= 15 is 0 Å². The molecule has 0 unspecified atom stereocenters. The van der Waals surface area contributed by atoms with Crippen LogP contribution in [0.5, 0.6) is 5.75 Å². The fraction of sp³-hybridized carbons (Fsp3) is 0.200. The van der Waals surface area contributed by atoms with Gasteiger partial charge in [-0.3, -0.25) is 4.79 Å². The monoisotopic (exact) mass is 401 g/mol. The topological polar surface area (TPSA) is 65.5 Å². The maximum atomic E-state index is 14.4. The Balaban J connectivity index is 1.85. The molecule has 1 saturated heterocycles. The van der Waals surface area contributed by atoms with E-state index in [0.717, 1.165) is 29.4 Å². The molecule has 4 rings (SSSR count). The van der Waals surface area contributed by atoms with Gasteiger partial charge in [-0.25, -0.2) is 8.78 Å². The van der Waals surface area contributed by atoms with E-state index in [1.807, 2.05) is 6.92 Å². The summed E-state index contributed by atoms with van der Waals surface area (Å²) in [6.45, 7) is 6.70. The van der Waals surface area contributed by atoms with Crippen LogP contribution in [0.4, 0.5) is 8.78 Å². The molecule has 0 saturated carbocycles. The average Bonchev–Trinajstić information content (AvgIpc) is 3.07. The fourth-order valence-corrected chi connectivity index (χ4v) is 4.25. The van der Waals surface area contributed by atoms with Gasteiger partial charge in [-0.1, -0.05) is 6.58 Å². The molecule has 2 heterocycles. The van der Waals surface area contributed by atoms with Gasteiger partial charge in [0.1, 0.15) is 17.4 Å². The lowest BCUT2D eigenvalue weighted by molar-refractivity contribution is 0.0735. The first-order chi connectivity index (χ1) is 13.3. The van der Waals surface area contributed by atoms with Crippen molar-refractivity contribution in [3.8, 4) is 16.9 Å². The Hall–Kier alpha value is -3.00. The predicted molar refractivity (Wildman–Crippen MR) is 104 cm³/mol. The van der Waals surface area contributed by atoms with Crippen molar-refractivity contribution in [2.75, 3.05) is 13.1 Å². The van der Waals surface area contributed by atoms with E-state index < -0.39 is 17.4 Å². The van der Waals surface area contributed by atoms with Crippen LogP contribution >= 0.6 is 11.5 Å². The molecule has 1 aromatic heterocycles. The summed E-state index contributed by atoms with van der Waals surface area (Å²) in [6, 6.07) is 4.82. The quantitative estimate of drug-likeness (QED) is 0.684. The zero-order valence-corrected chi connectivity index (χ0v) is 15.8. The van der Waals surface area contributed by atoms with Gasteiger partial charge in [-0.05, 0) is 36.2 Å². The van der Waals surface area contributed by atoms with Crippen LogP contribution in [0.1, 0.15) is 17.3 Å². The van der Waals surface area contributed by atoms with Gasteiger partial charge in [-0.15, -0.1) is 0 Å². The Kier molecular flexibility index (Phi) is 4.50. The first-order valence-electron chi connectivity index (χ1n) is 8.64. The molecule has 28 heavy (non-hydrogen) atoms. The van der Waals surface area contributed by atoms with E-state index in [-0.39, 0.29) is 23.1 Å². The molecule has 0 bridgehead atoms. The Labute approximate surface area is 164 Å². The lowest BCUT2D eigenvalue weighted by Crippen LogP contribution is -2.49. The van der Waals surface area contributed by atoms with Crippen LogP contribution < -0.4 is 5.32 Å². The smallest absolute Gasteiger partial charge is 0.255 e. The highest BCUT2D eigenvalue weighted by Gasteiger charge is 2.26. The van der Waals surface area contributed by atoms with Crippen molar-refractivity contribution in [3.63, 3.8) is 0 Å². The molecule has 5 nitrogen and oxygen atoms in total. The molecule has 0 spiro atoms. The number of hydrogen-bond acceptors (Lipinski definition) is 5. The van der Waals surface area contributed by atoms with Crippen LogP contribution in [0.15, 0.2) is 42.7 Å². The number of aromatic nitrogens is 1. The van der Waals surface area contributed by atoms with E-state index in [1.165, 1.54) is 6.07 Å². The molecule has 2 aromatic carbocycles. The van der Waals surface area contributed by atoms with E-state index in [0.29, 0.717) is 28.7 Å². The van der Waals surface area contributed by atoms with Crippen molar-refractivity contribution in [2.45, 2.75) is 13.0 Å². The summed E-state index contributed by atoms with van der Waals surface area (Å²) >= 11 is 1.16. The second-order valence-electron chi connectivity index (χ2n) is 6.89. The molecule has 1 atom stereocenters. The molecule has 0 aliphatic carbocycles. The molecule has 1 aliphatic rings. The Morgan fingerprint density at radius 3 is 2.71 bits per heavy atom. The third-order valence-electron chi connectivity index (χ3n) is 4.61. The SMILES string of the molecule is C=C1CN(C(=O)c2cc(-c3c(F)cc(O)cc3F)cc3cnsc23)C[C@@H](C)N1. The minimum Gasteiger partial charge on any atom is -0.508 e. The normalized spacial score (nSPS) is 17.0. The van der Waals surface area contributed by atoms with Gasteiger partial charge in [0.2, 0.25) is 0 Å². The Morgan fingerprint density at radius 2 is 2.04 bits per heavy atom. The van der Waals surface area contributed by atoms with Crippen LogP contribution in [0.25, 0.3) is 21.2 Å². The highest BCUT2D eigenvalue weighted by Crippen LogP contribution is 2.35. The Morgan fingerprint density at radius 1 is 1.32 bits per heavy atom. The number of rotatable bonds is 2. The molecule has 3 aromatic rings. The minimum atomic E-state index is -0.900. The summed E-state index contributed by atoms with van der Waals surface area (Å²) in [5, 5.41) is 13.2. The summed E-state index contributed by atoms with van der Waals surface area (Å²) in [5.74, 6) is -2.54. The lowest BCUT2D eigenvalue weighted by atomic mass is 9.99. The first-order valence-corrected chi connectivity index (χ1v) is 9.41. The number of nitrogens with one attached hydrogen (secondary N) is 1. The van der Waals surface area contributed by atoms with Crippen LogP contribution in [0.2, 0.25) is 0 Å². The highest BCUT2D eigenvalue weighted by molar-refractivity contribution is 7.13. The number of hydrogen-bond donors (Lipinski definition) is 2. The van der Waals surface area contributed by atoms with E-state index in [1.54, 1.807) is 17.2 Å². The number of halogens is 2. The van der Waals surface area contributed by atoms with Crippen LogP contribution in [-0.2, 0) is 0 Å². The number of amides is 1. The number of benzene rings is 2. The van der Waals surface area contributed by atoms with E-state index in [2.05, 4.69) is 16.3 Å². The van der Waals surface area contributed by atoms with Crippen molar-refractivity contribution < 1.29 is 18.7 Å². The summed E-state index contributed by atoms with van der Waals surface area (Å²) in [5.41, 5.74) is 0.995. The van der Waals surface area contributed by atoms with Crippen molar-refractivity contribution >= 4 is 27.5 Å². The zero-order valence-electron chi connectivity index (χ0n) is 15.0. The third kappa shape index (κ3) is 3.20. The van der Waals surface area contributed by atoms with Gasteiger partial charge < -0.3 is 15.3 Å². The summed E-state index contributed by atoms with van der Waals surface area (Å²) in [6.07, 6.45) is 1.57. The number of phenolic OH excluding ortho intramolecular Hbond substituents is 1. The number of piperazine rings is 1. The maximum absolute atomic E-state index is 14.4. The van der Waals surface area contributed by atoms with Crippen LogP contribution in [-0.4, -0.2) is 39.4 Å². The predicted octanol–water partition coefficient (Wildman–Crippen LogP) is 3.89. The molecule has 1 aliphatic heterocycles. The van der Waals surface area contributed by atoms with Gasteiger partial charge in [0.25, 0.3) is 5.91 Å². The lowest BCUT2D eigenvalue weighted by Gasteiger charge is -2.34. The van der Waals surface area contributed by atoms with Crippen molar-refractivity contribution in [1.29, 1.82) is 0 Å². The van der Waals surface area contributed by atoms with E-state index in [9.17, 15) is 18.7 Å². The molecule has 0 radical (unpaired) electrons. The summed E-state index contributed by atoms with van der Waals surface area (Å²) in [4.78, 5) is 14.9. The fourth-order valence-electron chi connectivity index (χ4n) is 3.51. The second kappa shape index (κ2) is 6.87. The molecule has 1 amide bonds. The highest BCUT2D eigenvalue weighted by atomic mass is 32.1. The average molecular weight is 401 g/mol. The number of aromatic hydroxyl groups is 1. The summed E-state index contributed by atoms with van der Waals surface area (Å²) in [7, 11) is 0. The molecular formula is C20H17F2N3O2S. The van der Waals surface area contributed by atoms with Gasteiger partial charge >= 0.3 is 0 Å². The van der Waals surface area contributed by atoms with Crippen molar-refractivity contribution in [1.82, 2.24) is 14.6 Å². The van der Waals surface area contributed by atoms with Gasteiger partial charge in [0.15, 0.2) is 0 Å². The number of carbonyl (C=O) groups excluding carboxylic acids is 1. The van der Waals surface area contributed by atoms with Crippen LogP contribution in [0, 0.1) is 11.6 Å². The van der Waals surface area contributed by atoms with E-state index in [4.69, 9.17) is 0 Å². The third-order valence-corrected chi connectivity index (χ3v) is 5.46. The molecule has 144 valence electrons. The number of phenols is 1. The maximum Gasteiger partial charge on any atom is 0.255 e. The number of nitrogens with zero attached hydrogens (tertiary/aromatic N) is 2. The molecule has 1 fully saturated rings. The largest absolute Gasteiger partial charge is 0.508 e. The molecular weight excluding hydrogens is 384 g/mol. The number of carbonyl (C=O) groups is 1. The van der Waals surface area contributed by atoms with Gasteiger partial charge in [-0.2, -0.15) is 4.37 Å². The first kappa shape index (κ1) is 18.4. The standard InChI is InChI=1S/C20H17F2N3O2S/c1-10-8-25(9-11(2)24-10)20(27)15-4-12(3-13-7-23-28-19(13)15)18-16(21)5-14(26)6-17(18)22/h3-7,11,24,26H,1,8-9H2,2H3/t11-/m1/s1. The summed E-state index contributed by atoms with van der Waals surface area (Å²) < 4.78 is 33.6. The van der Waals surface area contributed by atoms with Crippen molar-refractivity contribution in [3.05, 3.63) is 59.9 Å². The second-order valence-corrected chi connectivity index (χ2v) is 7.69. The zero-order chi connectivity index (χ0) is 20.0. The molecule has 2 N–H and O–H groups in total. The minimum absolute atomic E-state index is 0.0531. The van der Waals surface area contributed by atoms with Crippen molar-refractivity contribution in [2.24, 2.45) is 0 Å². The van der Waals surface area contributed by atoms with Gasteiger partial charge in [0, 0.05) is 42.0 Å². The molecule has 8 heteroatoms. The number of fused-ring (bicyclic) bond motifs is 1. The van der Waals surface area contributed by atoms with Gasteiger partial charge in [0.05, 0.1) is 22.4 Å². The Bertz CT molecular complexity index is 1090.